The maximum absolute atomic E-state index is 13.1. The van der Waals surface area contributed by atoms with Crippen molar-refractivity contribution in [3.05, 3.63) is 33.9 Å². The lowest BCUT2D eigenvalue weighted by Crippen LogP contribution is -2.42. The van der Waals surface area contributed by atoms with Gasteiger partial charge in [0.2, 0.25) is 0 Å². The van der Waals surface area contributed by atoms with E-state index >= 15 is 0 Å². The SMILES string of the molecule is CCCC[C@H](NC(=O)c1ccc([N+](=O)[O-])c(OCC(F)(F)C(F)(F)F)c1)C(=O)OC. The monoisotopic (exact) mass is 442 g/mol. The minimum atomic E-state index is -5.93. The standard InChI is InChI=1S/C17H19F5N2O6/c1-3-4-5-11(15(26)29-2)23-14(25)10-6-7-12(24(27)28)13(8-10)30-9-16(18,19)17(20,21)22/h6-8,11H,3-5,9H2,1-2H3,(H,23,25)/t11-/m0/s1. The van der Waals surface area contributed by atoms with Gasteiger partial charge in [0.1, 0.15) is 6.04 Å². The average Bonchev–Trinajstić information content (AvgIpc) is 2.67. The van der Waals surface area contributed by atoms with E-state index in [0.717, 1.165) is 19.2 Å². The minimum absolute atomic E-state index is 0.225. The summed E-state index contributed by atoms with van der Waals surface area (Å²) in [6.45, 7) is -0.378. The molecule has 0 saturated carbocycles. The zero-order chi connectivity index (χ0) is 23.1. The van der Waals surface area contributed by atoms with Crippen molar-refractivity contribution in [3.8, 4) is 5.75 Å². The van der Waals surface area contributed by atoms with Crippen LogP contribution < -0.4 is 10.1 Å². The molecule has 0 aromatic heterocycles. The van der Waals surface area contributed by atoms with Crippen LogP contribution in [0.1, 0.15) is 36.5 Å². The molecule has 0 unspecified atom stereocenters. The fourth-order valence-electron chi connectivity index (χ4n) is 2.21. The number of nitrogens with zero attached hydrogens (tertiary/aromatic N) is 1. The van der Waals surface area contributed by atoms with Crippen LogP contribution in [0.2, 0.25) is 0 Å². The van der Waals surface area contributed by atoms with Crippen LogP contribution >= 0.6 is 0 Å². The summed E-state index contributed by atoms with van der Waals surface area (Å²) in [5.41, 5.74) is -1.27. The van der Waals surface area contributed by atoms with Gasteiger partial charge in [-0.05, 0) is 12.5 Å². The van der Waals surface area contributed by atoms with E-state index in [2.05, 4.69) is 14.8 Å². The third-order valence-electron chi connectivity index (χ3n) is 3.88. The van der Waals surface area contributed by atoms with Gasteiger partial charge in [0.25, 0.3) is 5.91 Å². The minimum Gasteiger partial charge on any atom is -0.480 e. The van der Waals surface area contributed by atoms with Gasteiger partial charge in [0.05, 0.1) is 12.0 Å². The molecule has 30 heavy (non-hydrogen) atoms. The molecule has 0 heterocycles. The molecule has 1 atom stereocenters. The molecule has 8 nitrogen and oxygen atoms in total. The zero-order valence-corrected chi connectivity index (χ0v) is 15.9. The number of rotatable bonds is 10. The van der Waals surface area contributed by atoms with Crippen LogP contribution in [0.15, 0.2) is 18.2 Å². The highest BCUT2D eigenvalue weighted by Crippen LogP contribution is 2.37. The Hall–Kier alpha value is -2.99. The maximum Gasteiger partial charge on any atom is 0.456 e. The van der Waals surface area contributed by atoms with Gasteiger partial charge in [-0.3, -0.25) is 14.9 Å². The molecule has 0 saturated heterocycles. The number of benzene rings is 1. The van der Waals surface area contributed by atoms with Gasteiger partial charge in [-0.2, -0.15) is 22.0 Å². The Morgan fingerprint density at radius 2 is 1.87 bits per heavy atom. The highest BCUT2D eigenvalue weighted by Gasteiger charge is 2.58. The van der Waals surface area contributed by atoms with Crippen molar-refractivity contribution in [2.24, 2.45) is 0 Å². The van der Waals surface area contributed by atoms with Crippen molar-refractivity contribution in [2.45, 2.75) is 44.3 Å². The van der Waals surface area contributed by atoms with E-state index in [1.54, 1.807) is 0 Å². The summed E-state index contributed by atoms with van der Waals surface area (Å²) in [7, 11) is 1.10. The number of hydrogen-bond donors (Lipinski definition) is 1. The number of nitrogens with one attached hydrogen (secondary N) is 1. The molecule has 1 N–H and O–H groups in total. The second-order valence-corrected chi connectivity index (χ2v) is 6.12. The highest BCUT2D eigenvalue weighted by molar-refractivity contribution is 5.97. The Bertz CT molecular complexity index is 784. The van der Waals surface area contributed by atoms with Crippen molar-refractivity contribution < 1.29 is 45.9 Å². The van der Waals surface area contributed by atoms with Crippen LogP contribution in [-0.4, -0.2) is 48.7 Å². The number of carbonyl (C=O) groups excluding carboxylic acids is 2. The Balaban J connectivity index is 3.11. The number of halogens is 5. The number of ether oxygens (including phenoxy) is 2. The first-order valence-electron chi connectivity index (χ1n) is 8.58. The highest BCUT2D eigenvalue weighted by atomic mass is 19.4. The molecule has 0 aliphatic carbocycles. The maximum atomic E-state index is 13.1. The molecule has 1 aromatic carbocycles. The number of unbranched alkanes of at least 4 members (excludes halogenated alkanes) is 1. The Morgan fingerprint density at radius 1 is 1.23 bits per heavy atom. The first-order chi connectivity index (χ1) is 13.8. The van der Waals surface area contributed by atoms with Crippen molar-refractivity contribution in [1.82, 2.24) is 5.32 Å². The first-order valence-corrected chi connectivity index (χ1v) is 8.58. The number of esters is 1. The first kappa shape index (κ1) is 25.0. The smallest absolute Gasteiger partial charge is 0.456 e. The summed E-state index contributed by atoms with van der Waals surface area (Å²) < 4.78 is 71.9. The van der Waals surface area contributed by atoms with Gasteiger partial charge in [0, 0.05) is 17.7 Å². The van der Waals surface area contributed by atoms with Gasteiger partial charge < -0.3 is 14.8 Å². The Morgan fingerprint density at radius 3 is 2.37 bits per heavy atom. The molecular formula is C17H19F5N2O6. The van der Waals surface area contributed by atoms with Crippen molar-refractivity contribution >= 4 is 17.6 Å². The summed E-state index contributed by atoms with van der Waals surface area (Å²) in [4.78, 5) is 34.1. The quantitative estimate of drug-likeness (QED) is 0.257. The van der Waals surface area contributed by atoms with E-state index < -0.39 is 53.0 Å². The van der Waals surface area contributed by atoms with Crippen molar-refractivity contribution in [2.75, 3.05) is 13.7 Å². The van der Waals surface area contributed by atoms with Gasteiger partial charge in [-0.1, -0.05) is 19.8 Å². The molecule has 0 aliphatic heterocycles. The summed E-state index contributed by atoms with van der Waals surface area (Å²) in [5, 5.41) is 13.3. The molecule has 0 aliphatic rings. The van der Waals surface area contributed by atoms with E-state index in [-0.39, 0.29) is 12.0 Å². The van der Waals surface area contributed by atoms with Gasteiger partial charge in [0.15, 0.2) is 12.4 Å². The molecule has 168 valence electrons. The van der Waals surface area contributed by atoms with Crippen molar-refractivity contribution in [3.63, 3.8) is 0 Å². The average molecular weight is 442 g/mol. The lowest BCUT2D eigenvalue weighted by molar-refractivity contribution is -0.386. The zero-order valence-electron chi connectivity index (χ0n) is 15.9. The Kier molecular flexibility index (Phi) is 8.49. The summed E-state index contributed by atoms with van der Waals surface area (Å²) in [5.74, 6) is -7.90. The molecule has 0 fully saturated rings. The predicted molar refractivity (Wildman–Crippen MR) is 92.4 cm³/mol. The van der Waals surface area contributed by atoms with E-state index in [1.807, 2.05) is 6.92 Å². The molecular weight excluding hydrogens is 423 g/mol. The van der Waals surface area contributed by atoms with Gasteiger partial charge in [-0.25, -0.2) is 4.79 Å². The topological polar surface area (TPSA) is 108 Å². The molecule has 13 heteroatoms. The third-order valence-corrected chi connectivity index (χ3v) is 3.88. The lowest BCUT2D eigenvalue weighted by Gasteiger charge is -2.20. The summed E-state index contributed by atoms with van der Waals surface area (Å²) in [6.07, 6.45) is -4.44. The predicted octanol–water partition coefficient (Wildman–Crippen LogP) is 3.63. The third kappa shape index (κ3) is 6.52. The largest absolute Gasteiger partial charge is 0.480 e. The molecule has 0 bridgehead atoms. The molecule has 1 amide bonds. The summed E-state index contributed by atoms with van der Waals surface area (Å²) in [6, 6.07) is 1.26. The molecule has 0 radical (unpaired) electrons. The second-order valence-electron chi connectivity index (χ2n) is 6.12. The van der Waals surface area contributed by atoms with Crippen LogP contribution in [0, 0.1) is 10.1 Å². The van der Waals surface area contributed by atoms with Crippen LogP contribution in [0.3, 0.4) is 0 Å². The number of hydrogen-bond acceptors (Lipinski definition) is 6. The lowest BCUT2D eigenvalue weighted by atomic mass is 10.1. The molecule has 1 rings (SSSR count). The Labute approximate surface area is 167 Å². The normalized spacial score (nSPS) is 12.8. The van der Waals surface area contributed by atoms with Crippen LogP contribution in [0.5, 0.6) is 5.75 Å². The number of carbonyl (C=O) groups is 2. The number of nitro benzene ring substituents is 1. The number of alkyl halides is 5. The van der Waals surface area contributed by atoms with E-state index in [0.29, 0.717) is 18.9 Å². The van der Waals surface area contributed by atoms with E-state index in [9.17, 15) is 41.7 Å². The van der Waals surface area contributed by atoms with Gasteiger partial charge in [-0.15, -0.1) is 0 Å². The molecule has 0 spiro atoms. The van der Waals surface area contributed by atoms with E-state index in [4.69, 9.17) is 0 Å². The summed E-state index contributed by atoms with van der Waals surface area (Å²) >= 11 is 0. The number of amides is 1. The number of methoxy groups -OCH3 is 1. The van der Waals surface area contributed by atoms with E-state index in [1.165, 1.54) is 0 Å². The second kappa shape index (κ2) is 10.2. The van der Waals surface area contributed by atoms with Gasteiger partial charge >= 0.3 is 23.8 Å². The van der Waals surface area contributed by atoms with Crippen LogP contribution in [0.25, 0.3) is 0 Å². The van der Waals surface area contributed by atoms with Crippen molar-refractivity contribution in [1.29, 1.82) is 0 Å². The fourth-order valence-corrected chi connectivity index (χ4v) is 2.21. The molecule has 1 aromatic rings. The van der Waals surface area contributed by atoms with Crippen LogP contribution in [-0.2, 0) is 9.53 Å². The van der Waals surface area contributed by atoms with Crippen LogP contribution in [0.4, 0.5) is 27.6 Å². The number of nitro groups is 1. The fraction of sp³-hybridized carbons (Fsp3) is 0.529.